The largest absolute Gasteiger partial charge is 0.481 e. The standard InChI is InChI=1S/C13H27NO2/c1-11(2)10-12(3)14(4)9-7-5-6-8-13(15)16/h11-12H,5-10H2,1-4H3,(H,15,16). The van der Waals surface area contributed by atoms with Gasteiger partial charge in [-0.1, -0.05) is 20.3 Å². The Morgan fingerprint density at radius 3 is 2.31 bits per heavy atom. The van der Waals surface area contributed by atoms with E-state index in [2.05, 4.69) is 32.7 Å². The third kappa shape index (κ3) is 8.72. The molecule has 0 aromatic carbocycles. The van der Waals surface area contributed by atoms with Gasteiger partial charge in [0.1, 0.15) is 0 Å². The van der Waals surface area contributed by atoms with Gasteiger partial charge in [-0.25, -0.2) is 0 Å². The predicted octanol–water partition coefficient (Wildman–Crippen LogP) is 3.00. The second-order valence-corrected chi connectivity index (χ2v) is 5.16. The van der Waals surface area contributed by atoms with Crippen LogP contribution < -0.4 is 0 Å². The van der Waals surface area contributed by atoms with Crippen LogP contribution in [0.2, 0.25) is 0 Å². The minimum atomic E-state index is -0.679. The quantitative estimate of drug-likeness (QED) is 0.618. The summed E-state index contributed by atoms with van der Waals surface area (Å²) in [6, 6.07) is 0.625. The summed E-state index contributed by atoms with van der Waals surface area (Å²) in [5.41, 5.74) is 0. The maximum atomic E-state index is 10.3. The van der Waals surface area contributed by atoms with E-state index in [4.69, 9.17) is 5.11 Å². The van der Waals surface area contributed by atoms with Gasteiger partial charge < -0.3 is 10.0 Å². The van der Waals surface area contributed by atoms with Gasteiger partial charge in [0.15, 0.2) is 0 Å². The lowest BCUT2D eigenvalue weighted by Gasteiger charge is -2.26. The molecule has 0 aliphatic rings. The van der Waals surface area contributed by atoms with E-state index in [0.717, 1.165) is 31.7 Å². The fraction of sp³-hybridized carbons (Fsp3) is 0.923. The van der Waals surface area contributed by atoms with Crippen molar-refractivity contribution in [3.8, 4) is 0 Å². The Kier molecular flexibility index (Phi) is 8.26. The topological polar surface area (TPSA) is 40.5 Å². The zero-order chi connectivity index (χ0) is 12.6. The molecule has 0 radical (unpaired) electrons. The summed E-state index contributed by atoms with van der Waals surface area (Å²) >= 11 is 0. The maximum Gasteiger partial charge on any atom is 0.303 e. The van der Waals surface area contributed by atoms with Gasteiger partial charge in [-0.2, -0.15) is 0 Å². The van der Waals surface area contributed by atoms with Gasteiger partial charge in [-0.3, -0.25) is 4.79 Å². The summed E-state index contributed by atoms with van der Waals surface area (Å²) in [6.45, 7) is 7.83. The zero-order valence-corrected chi connectivity index (χ0v) is 11.2. The molecule has 1 unspecified atom stereocenters. The lowest BCUT2D eigenvalue weighted by atomic mass is 10.0. The molecule has 0 heterocycles. The van der Waals surface area contributed by atoms with Crippen LogP contribution in [-0.4, -0.2) is 35.6 Å². The summed E-state index contributed by atoms with van der Waals surface area (Å²) < 4.78 is 0. The number of hydrogen-bond acceptors (Lipinski definition) is 2. The molecule has 0 spiro atoms. The highest BCUT2D eigenvalue weighted by Crippen LogP contribution is 2.10. The Hall–Kier alpha value is -0.570. The third-order valence-corrected chi connectivity index (χ3v) is 2.97. The van der Waals surface area contributed by atoms with Gasteiger partial charge in [-0.05, 0) is 45.7 Å². The van der Waals surface area contributed by atoms with Crippen molar-refractivity contribution in [2.75, 3.05) is 13.6 Å². The second-order valence-electron chi connectivity index (χ2n) is 5.16. The molecule has 0 saturated carbocycles. The van der Waals surface area contributed by atoms with Crippen LogP contribution >= 0.6 is 0 Å². The Labute approximate surface area is 99.8 Å². The first-order chi connectivity index (χ1) is 7.43. The van der Waals surface area contributed by atoms with Crippen LogP contribution in [0.4, 0.5) is 0 Å². The molecule has 0 aromatic rings. The molecule has 3 nitrogen and oxygen atoms in total. The lowest BCUT2D eigenvalue weighted by Crippen LogP contribution is -2.31. The van der Waals surface area contributed by atoms with Crippen LogP contribution in [0.1, 0.15) is 52.9 Å². The number of carboxylic acids is 1. The molecule has 1 N–H and O–H groups in total. The number of hydrogen-bond donors (Lipinski definition) is 1. The molecular formula is C13H27NO2. The summed E-state index contributed by atoms with van der Waals surface area (Å²) in [5, 5.41) is 8.50. The first-order valence-corrected chi connectivity index (χ1v) is 6.35. The molecule has 0 aromatic heterocycles. The minimum Gasteiger partial charge on any atom is -0.481 e. The molecule has 3 heteroatoms. The van der Waals surface area contributed by atoms with Crippen molar-refractivity contribution in [3.63, 3.8) is 0 Å². The number of aliphatic carboxylic acids is 1. The molecule has 16 heavy (non-hydrogen) atoms. The number of unbranched alkanes of at least 4 members (excludes halogenated alkanes) is 2. The first kappa shape index (κ1) is 15.4. The van der Waals surface area contributed by atoms with E-state index in [9.17, 15) is 4.79 Å². The van der Waals surface area contributed by atoms with Crippen molar-refractivity contribution in [3.05, 3.63) is 0 Å². The van der Waals surface area contributed by atoms with Gasteiger partial charge >= 0.3 is 5.97 Å². The van der Waals surface area contributed by atoms with Crippen molar-refractivity contribution in [1.82, 2.24) is 4.90 Å². The van der Waals surface area contributed by atoms with Crippen LogP contribution in [0.25, 0.3) is 0 Å². The predicted molar refractivity (Wildman–Crippen MR) is 67.7 cm³/mol. The molecular weight excluding hydrogens is 202 g/mol. The smallest absolute Gasteiger partial charge is 0.303 e. The Morgan fingerprint density at radius 1 is 1.19 bits per heavy atom. The number of carboxylic acid groups (broad SMARTS) is 1. The molecule has 1 atom stereocenters. The van der Waals surface area contributed by atoms with E-state index in [1.165, 1.54) is 6.42 Å². The van der Waals surface area contributed by atoms with Crippen LogP contribution in [0.5, 0.6) is 0 Å². The Morgan fingerprint density at radius 2 is 1.81 bits per heavy atom. The van der Waals surface area contributed by atoms with Crippen LogP contribution in [-0.2, 0) is 4.79 Å². The molecule has 0 bridgehead atoms. The van der Waals surface area contributed by atoms with E-state index in [-0.39, 0.29) is 0 Å². The van der Waals surface area contributed by atoms with Gasteiger partial charge in [0.2, 0.25) is 0 Å². The Bertz CT molecular complexity index is 192. The monoisotopic (exact) mass is 229 g/mol. The molecule has 0 aliphatic heterocycles. The number of rotatable bonds is 9. The van der Waals surface area contributed by atoms with Crippen molar-refractivity contribution in [2.45, 2.75) is 58.9 Å². The lowest BCUT2D eigenvalue weighted by molar-refractivity contribution is -0.137. The maximum absolute atomic E-state index is 10.3. The molecule has 0 aliphatic carbocycles. The fourth-order valence-corrected chi connectivity index (χ4v) is 1.90. The Balaban J connectivity index is 3.49. The summed E-state index contributed by atoms with van der Waals surface area (Å²) in [5.74, 6) is 0.0611. The van der Waals surface area contributed by atoms with Gasteiger partial charge in [0.25, 0.3) is 0 Å². The van der Waals surface area contributed by atoms with Gasteiger partial charge in [0, 0.05) is 12.5 Å². The SMILES string of the molecule is CC(C)CC(C)N(C)CCCCCC(=O)O. The van der Waals surface area contributed by atoms with E-state index in [1.807, 2.05) is 0 Å². The van der Waals surface area contributed by atoms with Crippen LogP contribution in [0.3, 0.4) is 0 Å². The minimum absolute atomic E-state index is 0.311. The third-order valence-electron chi connectivity index (χ3n) is 2.97. The molecule has 0 saturated heterocycles. The van der Waals surface area contributed by atoms with E-state index >= 15 is 0 Å². The molecule has 96 valence electrons. The van der Waals surface area contributed by atoms with E-state index in [1.54, 1.807) is 0 Å². The fourth-order valence-electron chi connectivity index (χ4n) is 1.90. The van der Waals surface area contributed by atoms with Crippen LogP contribution in [0.15, 0.2) is 0 Å². The average Bonchev–Trinajstić information content (AvgIpc) is 2.15. The van der Waals surface area contributed by atoms with Gasteiger partial charge in [-0.15, -0.1) is 0 Å². The summed E-state index contributed by atoms with van der Waals surface area (Å²) in [7, 11) is 2.16. The normalized spacial score (nSPS) is 13.4. The summed E-state index contributed by atoms with van der Waals surface area (Å²) in [6.07, 6.45) is 4.47. The number of nitrogens with zero attached hydrogens (tertiary/aromatic N) is 1. The van der Waals surface area contributed by atoms with Crippen LogP contribution in [0, 0.1) is 5.92 Å². The number of carbonyl (C=O) groups is 1. The summed E-state index contributed by atoms with van der Waals surface area (Å²) in [4.78, 5) is 12.7. The van der Waals surface area contributed by atoms with E-state index < -0.39 is 5.97 Å². The molecule has 0 amide bonds. The van der Waals surface area contributed by atoms with Crippen molar-refractivity contribution in [1.29, 1.82) is 0 Å². The molecule has 0 rings (SSSR count). The van der Waals surface area contributed by atoms with Gasteiger partial charge in [0.05, 0.1) is 0 Å². The van der Waals surface area contributed by atoms with Crippen molar-refractivity contribution >= 4 is 5.97 Å². The zero-order valence-electron chi connectivity index (χ0n) is 11.2. The van der Waals surface area contributed by atoms with Crippen molar-refractivity contribution in [2.24, 2.45) is 5.92 Å². The molecule has 0 fully saturated rings. The first-order valence-electron chi connectivity index (χ1n) is 6.35. The van der Waals surface area contributed by atoms with E-state index in [0.29, 0.717) is 12.5 Å². The van der Waals surface area contributed by atoms with Crippen molar-refractivity contribution < 1.29 is 9.90 Å². The highest BCUT2D eigenvalue weighted by molar-refractivity contribution is 5.66. The second kappa shape index (κ2) is 8.57. The highest BCUT2D eigenvalue weighted by atomic mass is 16.4. The average molecular weight is 229 g/mol. The highest BCUT2D eigenvalue weighted by Gasteiger charge is 2.10.